The fourth-order valence-corrected chi connectivity index (χ4v) is 3.60. The van der Waals surface area contributed by atoms with Crippen LogP contribution in [-0.4, -0.2) is 37.9 Å². The lowest BCUT2D eigenvalue weighted by atomic mass is 10.0. The number of aromatic amines is 1. The number of carboxylic acid groups (broad SMARTS) is 1. The minimum absolute atomic E-state index is 0.193. The SMILES string of the molecule is Cc1csc(C(=O)N2Cc3[nH]cnc3CC2C(=O)O)c1Cl. The van der Waals surface area contributed by atoms with Crippen molar-refractivity contribution in [2.24, 2.45) is 0 Å². The molecule has 0 spiro atoms. The summed E-state index contributed by atoms with van der Waals surface area (Å²) in [5, 5.41) is 11.6. The van der Waals surface area contributed by atoms with Crippen LogP contribution in [-0.2, 0) is 17.8 Å². The van der Waals surface area contributed by atoms with Gasteiger partial charge in [-0.3, -0.25) is 4.79 Å². The summed E-state index contributed by atoms with van der Waals surface area (Å²) in [5.74, 6) is -1.40. The van der Waals surface area contributed by atoms with Gasteiger partial charge in [0.1, 0.15) is 10.9 Å². The molecule has 0 aromatic carbocycles. The smallest absolute Gasteiger partial charge is 0.326 e. The topological polar surface area (TPSA) is 86.3 Å². The third-order valence-electron chi connectivity index (χ3n) is 3.54. The molecule has 0 radical (unpaired) electrons. The standard InChI is InChI=1S/C13H12ClN3O3S/c1-6-4-21-11(10(6)14)12(18)17-3-8-7(15-5-16-8)2-9(17)13(19)20/h4-5,9H,2-3H2,1H3,(H,15,16)(H,19,20). The highest BCUT2D eigenvalue weighted by Crippen LogP contribution is 2.31. The number of aliphatic carboxylic acids is 1. The van der Waals surface area contributed by atoms with E-state index in [9.17, 15) is 14.7 Å². The van der Waals surface area contributed by atoms with Crippen LogP contribution >= 0.6 is 22.9 Å². The normalized spacial score (nSPS) is 17.6. The number of nitrogens with zero attached hydrogens (tertiary/aromatic N) is 2. The number of nitrogens with one attached hydrogen (secondary N) is 1. The lowest BCUT2D eigenvalue weighted by Gasteiger charge is -2.32. The Morgan fingerprint density at radius 3 is 2.95 bits per heavy atom. The van der Waals surface area contributed by atoms with E-state index >= 15 is 0 Å². The lowest BCUT2D eigenvalue weighted by molar-refractivity contribution is -0.142. The number of carbonyl (C=O) groups is 2. The van der Waals surface area contributed by atoms with Crippen molar-refractivity contribution in [2.75, 3.05) is 0 Å². The zero-order chi connectivity index (χ0) is 15.1. The van der Waals surface area contributed by atoms with Crippen molar-refractivity contribution in [1.29, 1.82) is 0 Å². The number of aromatic nitrogens is 2. The molecule has 1 aliphatic heterocycles. The number of aryl methyl sites for hydroxylation is 1. The number of amides is 1. The summed E-state index contributed by atoms with van der Waals surface area (Å²) in [6, 6.07) is -0.924. The van der Waals surface area contributed by atoms with E-state index in [2.05, 4.69) is 9.97 Å². The number of thiophene rings is 1. The Kier molecular flexibility index (Phi) is 3.46. The first-order valence-electron chi connectivity index (χ1n) is 6.27. The third kappa shape index (κ3) is 2.32. The van der Waals surface area contributed by atoms with Crippen molar-refractivity contribution >= 4 is 34.8 Å². The van der Waals surface area contributed by atoms with Crippen molar-refractivity contribution in [3.63, 3.8) is 0 Å². The molecule has 2 N–H and O–H groups in total. The van der Waals surface area contributed by atoms with E-state index in [0.29, 0.717) is 15.6 Å². The molecule has 0 fully saturated rings. The van der Waals surface area contributed by atoms with E-state index in [1.807, 2.05) is 6.92 Å². The fourth-order valence-electron chi connectivity index (χ4n) is 2.37. The average molecular weight is 326 g/mol. The molecule has 110 valence electrons. The molecule has 1 unspecified atom stereocenters. The summed E-state index contributed by atoms with van der Waals surface area (Å²) in [4.78, 5) is 32.9. The molecule has 2 aromatic rings. The summed E-state index contributed by atoms with van der Waals surface area (Å²) in [6.07, 6.45) is 1.71. The van der Waals surface area contributed by atoms with Gasteiger partial charge in [-0.25, -0.2) is 9.78 Å². The lowest BCUT2D eigenvalue weighted by Crippen LogP contribution is -2.48. The molecule has 0 bridgehead atoms. The van der Waals surface area contributed by atoms with Gasteiger partial charge in [0.2, 0.25) is 0 Å². The molecule has 0 saturated carbocycles. The number of hydrogen-bond acceptors (Lipinski definition) is 4. The Hall–Kier alpha value is -1.86. The zero-order valence-corrected chi connectivity index (χ0v) is 12.7. The minimum Gasteiger partial charge on any atom is -0.480 e. The molecular weight excluding hydrogens is 314 g/mol. The maximum atomic E-state index is 12.6. The molecule has 0 aliphatic carbocycles. The monoisotopic (exact) mass is 325 g/mol. The predicted molar refractivity (Wildman–Crippen MR) is 77.7 cm³/mol. The molecule has 1 amide bonds. The van der Waals surface area contributed by atoms with Gasteiger partial charge in [0.25, 0.3) is 5.91 Å². The Balaban J connectivity index is 1.97. The number of carboxylic acids is 1. The van der Waals surface area contributed by atoms with Crippen molar-refractivity contribution in [2.45, 2.75) is 25.9 Å². The van der Waals surface area contributed by atoms with Crippen molar-refractivity contribution in [3.05, 3.63) is 38.6 Å². The predicted octanol–water partition coefficient (Wildman–Crippen LogP) is 2.08. The van der Waals surface area contributed by atoms with E-state index in [1.54, 1.807) is 5.38 Å². The van der Waals surface area contributed by atoms with Crippen LogP contribution in [0.5, 0.6) is 0 Å². The summed E-state index contributed by atoms with van der Waals surface area (Å²) >= 11 is 7.36. The zero-order valence-electron chi connectivity index (χ0n) is 11.1. The molecular formula is C13H12ClN3O3S. The molecule has 3 rings (SSSR count). The second-order valence-electron chi connectivity index (χ2n) is 4.88. The third-order valence-corrected chi connectivity index (χ3v) is 5.22. The van der Waals surface area contributed by atoms with Gasteiger partial charge in [0, 0.05) is 6.42 Å². The number of rotatable bonds is 2. The summed E-state index contributed by atoms with van der Waals surface area (Å²) in [6.45, 7) is 2.01. The van der Waals surface area contributed by atoms with E-state index in [-0.39, 0.29) is 18.9 Å². The number of H-pyrrole nitrogens is 1. The first-order chi connectivity index (χ1) is 9.99. The quantitative estimate of drug-likeness (QED) is 0.885. The van der Waals surface area contributed by atoms with Crippen LogP contribution in [0.2, 0.25) is 5.02 Å². The number of imidazole rings is 1. The largest absolute Gasteiger partial charge is 0.480 e. The van der Waals surface area contributed by atoms with Gasteiger partial charge in [-0.15, -0.1) is 11.3 Å². The molecule has 6 nitrogen and oxygen atoms in total. The van der Waals surface area contributed by atoms with E-state index in [0.717, 1.165) is 11.3 Å². The van der Waals surface area contributed by atoms with Crippen LogP contribution in [0, 0.1) is 6.92 Å². The van der Waals surface area contributed by atoms with Crippen LogP contribution in [0.25, 0.3) is 0 Å². The number of carbonyl (C=O) groups excluding carboxylic acids is 1. The van der Waals surface area contributed by atoms with Crippen LogP contribution in [0.4, 0.5) is 0 Å². The molecule has 1 atom stereocenters. The van der Waals surface area contributed by atoms with Gasteiger partial charge < -0.3 is 15.0 Å². The maximum Gasteiger partial charge on any atom is 0.326 e. The van der Waals surface area contributed by atoms with E-state index in [4.69, 9.17) is 11.6 Å². The highest BCUT2D eigenvalue weighted by Gasteiger charge is 2.37. The Labute approximate surface area is 129 Å². The van der Waals surface area contributed by atoms with Crippen molar-refractivity contribution in [3.8, 4) is 0 Å². The first kappa shape index (κ1) is 14.1. The number of halogens is 1. The van der Waals surface area contributed by atoms with Gasteiger partial charge in [-0.1, -0.05) is 11.6 Å². The molecule has 2 aromatic heterocycles. The molecule has 3 heterocycles. The minimum atomic E-state index is -1.04. The van der Waals surface area contributed by atoms with Crippen molar-refractivity contribution < 1.29 is 14.7 Å². The number of hydrogen-bond donors (Lipinski definition) is 2. The number of fused-ring (bicyclic) bond motifs is 1. The van der Waals surface area contributed by atoms with Gasteiger partial charge in [0.15, 0.2) is 0 Å². The van der Waals surface area contributed by atoms with E-state index < -0.39 is 12.0 Å². The molecule has 1 aliphatic rings. The summed E-state index contributed by atoms with van der Waals surface area (Å²) in [5.41, 5.74) is 2.28. The summed E-state index contributed by atoms with van der Waals surface area (Å²) in [7, 11) is 0. The van der Waals surface area contributed by atoms with Crippen molar-refractivity contribution in [1.82, 2.24) is 14.9 Å². The Morgan fingerprint density at radius 1 is 1.57 bits per heavy atom. The Morgan fingerprint density at radius 2 is 2.33 bits per heavy atom. The summed E-state index contributed by atoms with van der Waals surface area (Å²) < 4.78 is 0. The van der Waals surface area contributed by atoms with Crippen LogP contribution in [0.15, 0.2) is 11.7 Å². The van der Waals surface area contributed by atoms with Gasteiger partial charge in [-0.05, 0) is 17.9 Å². The highest BCUT2D eigenvalue weighted by molar-refractivity contribution is 7.13. The first-order valence-corrected chi connectivity index (χ1v) is 7.53. The van der Waals surface area contributed by atoms with Gasteiger partial charge >= 0.3 is 5.97 Å². The van der Waals surface area contributed by atoms with Crippen LogP contribution in [0.3, 0.4) is 0 Å². The highest BCUT2D eigenvalue weighted by atomic mass is 35.5. The van der Waals surface area contributed by atoms with Gasteiger partial charge in [-0.2, -0.15) is 0 Å². The van der Waals surface area contributed by atoms with E-state index in [1.165, 1.54) is 22.6 Å². The van der Waals surface area contributed by atoms with Crippen LogP contribution in [0.1, 0.15) is 26.6 Å². The average Bonchev–Trinajstić information content (AvgIpc) is 3.04. The molecule has 21 heavy (non-hydrogen) atoms. The Bertz CT molecular complexity index is 724. The molecule has 8 heteroatoms. The second-order valence-corrected chi connectivity index (χ2v) is 6.14. The molecule has 0 saturated heterocycles. The second kappa shape index (κ2) is 5.16. The maximum absolute atomic E-state index is 12.6. The fraction of sp³-hybridized carbons (Fsp3) is 0.308. The van der Waals surface area contributed by atoms with Gasteiger partial charge in [0.05, 0.1) is 29.3 Å². The van der Waals surface area contributed by atoms with Crippen LogP contribution < -0.4 is 0 Å².